The summed E-state index contributed by atoms with van der Waals surface area (Å²) >= 11 is 0. The van der Waals surface area contributed by atoms with Crippen molar-refractivity contribution in [1.29, 1.82) is 0 Å². The van der Waals surface area contributed by atoms with E-state index < -0.39 is 0 Å². The summed E-state index contributed by atoms with van der Waals surface area (Å²) in [4.78, 5) is 31.6. The molecule has 7 heteroatoms. The van der Waals surface area contributed by atoms with E-state index in [1.54, 1.807) is 46.5 Å². The Morgan fingerprint density at radius 3 is 2.36 bits per heavy atom. The Kier molecular flexibility index (Phi) is 4.04. The van der Waals surface area contributed by atoms with Crippen molar-refractivity contribution in [2.45, 2.75) is 0 Å². The van der Waals surface area contributed by atoms with Crippen LogP contribution >= 0.6 is 0 Å². The fourth-order valence-electron chi connectivity index (χ4n) is 2.31. The quantitative estimate of drug-likeness (QED) is 0.915. The molecule has 3 rings (SSSR count). The molecular formula is C15H16N4O3. The Labute approximate surface area is 127 Å². The molecule has 3 amide bonds. The second kappa shape index (κ2) is 6.30. The first-order valence-electron chi connectivity index (χ1n) is 7.03. The Morgan fingerprint density at radius 2 is 1.73 bits per heavy atom. The molecule has 0 bridgehead atoms. The van der Waals surface area contributed by atoms with E-state index in [9.17, 15) is 9.59 Å². The number of piperazine rings is 1. The molecule has 22 heavy (non-hydrogen) atoms. The highest BCUT2D eigenvalue weighted by atomic mass is 16.3. The van der Waals surface area contributed by atoms with Crippen LogP contribution in [0, 0.1) is 0 Å². The first-order chi connectivity index (χ1) is 10.7. The van der Waals surface area contributed by atoms with E-state index in [2.05, 4.69) is 10.3 Å². The first-order valence-corrected chi connectivity index (χ1v) is 7.03. The first kappa shape index (κ1) is 14.1. The maximum absolute atomic E-state index is 12.1. The van der Waals surface area contributed by atoms with Crippen molar-refractivity contribution in [1.82, 2.24) is 14.8 Å². The predicted molar refractivity (Wildman–Crippen MR) is 79.4 cm³/mol. The number of nitrogens with zero attached hydrogens (tertiary/aromatic N) is 3. The monoisotopic (exact) mass is 300 g/mol. The summed E-state index contributed by atoms with van der Waals surface area (Å²) in [5, 5.41) is 2.81. The number of nitrogens with one attached hydrogen (secondary N) is 1. The minimum absolute atomic E-state index is 0.140. The van der Waals surface area contributed by atoms with Gasteiger partial charge in [-0.25, -0.2) is 4.79 Å². The molecule has 0 spiro atoms. The zero-order valence-electron chi connectivity index (χ0n) is 11.9. The van der Waals surface area contributed by atoms with Crippen LogP contribution in [-0.4, -0.2) is 52.9 Å². The van der Waals surface area contributed by atoms with Crippen LogP contribution in [0.15, 0.2) is 47.3 Å². The topological polar surface area (TPSA) is 78.7 Å². The van der Waals surface area contributed by atoms with Gasteiger partial charge in [-0.2, -0.15) is 0 Å². The van der Waals surface area contributed by atoms with Gasteiger partial charge < -0.3 is 19.5 Å². The summed E-state index contributed by atoms with van der Waals surface area (Å²) in [5.41, 5.74) is 0.703. The van der Waals surface area contributed by atoms with E-state index in [0.29, 0.717) is 37.6 Å². The standard InChI is InChI=1S/C15H16N4O3/c20-14(13-2-1-11-22-13)18-7-9-19(10-8-18)15(21)17-12-3-5-16-6-4-12/h1-6,11H,7-10H2,(H,16,17,21). The highest BCUT2D eigenvalue weighted by Crippen LogP contribution is 2.11. The largest absolute Gasteiger partial charge is 0.459 e. The number of anilines is 1. The number of pyridine rings is 1. The summed E-state index contributed by atoms with van der Waals surface area (Å²) < 4.78 is 5.11. The second-order valence-electron chi connectivity index (χ2n) is 4.92. The van der Waals surface area contributed by atoms with Crippen molar-refractivity contribution in [3.63, 3.8) is 0 Å². The molecule has 7 nitrogen and oxygen atoms in total. The number of urea groups is 1. The molecule has 0 aliphatic carbocycles. The van der Waals surface area contributed by atoms with Gasteiger partial charge in [-0.1, -0.05) is 0 Å². The summed E-state index contributed by atoms with van der Waals surface area (Å²) in [7, 11) is 0. The van der Waals surface area contributed by atoms with Gasteiger partial charge in [-0.05, 0) is 24.3 Å². The molecule has 0 saturated carbocycles. The second-order valence-corrected chi connectivity index (χ2v) is 4.92. The molecule has 1 fully saturated rings. The van der Waals surface area contributed by atoms with Gasteiger partial charge in [0.05, 0.1) is 6.26 Å². The Morgan fingerprint density at radius 1 is 1.05 bits per heavy atom. The average Bonchev–Trinajstić information content (AvgIpc) is 3.10. The maximum atomic E-state index is 12.1. The van der Waals surface area contributed by atoms with E-state index in [-0.39, 0.29) is 11.9 Å². The van der Waals surface area contributed by atoms with Crippen LogP contribution in [0.4, 0.5) is 10.5 Å². The molecule has 0 aromatic carbocycles. The van der Waals surface area contributed by atoms with Crippen LogP contribution in [0.3, 0.4) is 0 Å². The van der Waals surface area contributed by atoms with Crippen molar-refractivity contribution in [2.75, 3.05) is 31.5 Å². The van der Waals surface area contributed by atoms with E-state index >= 15 is 0 Å². The Balaban J connectivity index is 1.53. The van der Waals surface area contributed by atoms with Crippen LogP contribution in [0.2, 0.25) is 0 Å². The third kappa shape index (κ3) is 3.08. The lowest BCUT2D eigenvalue weighted by Crippen LogP contribution is -2.51. The summed E-state index contributed by atoms with van der Waals surface area (Å²) in [6, 6.07) is 6.62. The molecule has 1 saturated heterocycles. The molecular weight excluding hydrogens is 284 g/mol. The molecule has 1 aliphatic rings. The number of hydrogen-bond donors (Lipinski definition) is 1. The van der Waals surface area contributed by atoms with Crippen LogP contribution in [0.1, 0.15) is 10.6 Å². The molecule has 2 aromatic heterocycles. The van der Waals surface area contributed by atoms with Gasteiger partial charge in [0.25, 0.3) is 5.91 Å². The number of furan rings is 1. The van der Waals surface area contributed by atoms with E-state index in [4.69, 9.17) is 4.42 Å². The number of aromatic nitrogens is 1. The predicted octanol–water partition coefficient (Wildman–Crippen LogP) is 1.66. The third-order valence-electron chi connectivity index (χ3n) is 3.52. The van der Waals surface area contributed by atoms with Crippen LogP contribution in [0.25, 0.3) is 0 Å². The van der Waals surface area contributed by atoms with Crippen LogP contribution in [-0.2, 0) is 0 Å². The zero-order chi connectivity index (χ0) is 15.4. The highest BCUT2D eigenvalue weighted by Gasteiger charge is 2.25. The average molecular weight is 300 g/mol. The van der Waals surface area contributed by atoms with Crippen LogP contribution in [0.5, 0.6) is 0 Å². The fraction of sp³-hybridized carbons (Fsp3) is 0.267. The van der Waals surface area contributed by atoms with Gasteiger partial charge in [0.15, 0.2) is 5.76 Å². The fourth-order valence-corrected chi connectivity index (χ4v) is 2.31. The van der Waals surface area contributed by atoms with Crippen molar-refractivity contribution in [2.24, 2.45) is 0 Å². The lowest BCUT2D eigenvalue weighted by molar-refractivity contribution is 0.0640. The van der Waals surface area contributed by atoms with E-state index in [1.165, 1.54) is 6.26 Å². The minimum Gasteiger partial charge on any atom is -0.459 e. The van der Waals surface area contributed by atoms with Crippen molar-refractivity contribution < 1.29 is 14.0 Å². The lowest BCUT2D eigenvalue weighted by Gasteiger charge is -2.34. The van der Waals surface area contributed by atoms with Crippen LogP contribution < -0.4 is 5.32 Å². The number of amides is 3. The Hall–Kier alpha value is -2.83. The molecule has 3 heterocycles. The molecule has 1 N–H and O–H groups in total. The highest BCUT2D eigenvalue weighted by molar-refractivity contribution is 5.92. The van der Waals surface area contributed by atoms with Gasteiger partial charge in [-0.15, -0.1) is 0 Å². The number of hydrogen-bond acceptors (Lipinski definition) is 4. The van der Waals surface area contributed by atoms with Crippen molar-refractivity contribution in [3.05, 3.63) is 48.7 Å². The lowest BCUT2D eigenvalue weighted by atomic mass is 10.3. The smallest absolute Gasteiger partial charge is 0.321 e. The van der Waals surface area contributed by atoms with Gasteiger partial charge in [0.2, 0.25) is 0 Å². The minimum atomic E-state index is -0.170. The Bertz CT molecular complexity index is 634. The van der Waals surface area contributed by atoms with Crippen molar-refractivity contribution in [3.8, 4) is 0 Å². The number of carbonyl (C=O) groups excluding carboxylic acids is 2. The molecule has 2 aromatic rings. The van der Waals surface area contributed by atoms with E-state index in [1.807, 2.05) is 0 Å². The molecule has 0 unspecified atom stereocenters. The normalized spacial score (nSPS) is 14.7. The van der Waals surface area contributed by atoms with Gasteiger partial charge in [0.1, 0.15) is 0 Å². The summed E-state index contributed by atoms with van der Waals surface area (Å²) in [5.74, 6) is 0.189. The summed E-state index contributed by atoms with van der Waals surface area (Å²) in [6.45, 7) is 1.96. The maximum Gasteiger partial charge on any atom is 0.321 e. The molecule has 114 valence electrons. The third-order valence-corrected chi connectivity index (χ3v) is 3.52. The number of carbonyl (C=O) groups is 2. The van der Waals surface area contributed by atoms with Gasteiger partial charge in [0, 0.05) is 44.3 Å². The SMILES string of the molecule is O=C(Nc1ccncc1)N1CCN(C(=O)c2ccco2)CC1. The van der Waals surface area contributed by atoms with E-state index in [0.717, 1.165) is 0 Å². The number of rotatable bonds is 2. The summed E-state index contributed by atoms with van der Waals surface area (Å²) in [6.07, 6.45) is 4.72. The molecule has 0 atom stereocenters. The van der Waals surface area contributed by atoms with Crippen molar-refractivity contribution >= 4 is 17.6 Å². The zero-order valence-corrected chi connectivity index (χ0v) is 11.9. The molecule has 0 radical (unpaired) electrons. The molecule has 1 aliphatic heterocycles. The van der Waals surface area contributed by atoms with Gasteiger partial charge in [-0.3, -0.25) is 9.78 Å². The van der Waals surface area contributed by atoms with Gasteiger partial charge >= 0.3 is 6.03 Å².